The van der Waals surface area contributed by atoms with E-state index in [2.05, 4.69) is 10.6 Å². The third kappa shape index (κ3) is 10.7. The minimum Gasteiger partial charge on any atom is -0.317 e. The van der Waals surface area contributed by atoms with E-state index in [0.717, 1.165) is 56.6 Å². The summed E-state index contributed by atoms with van der Waals surface area (Å²) in [6.07, 6.45) is 4.52. The van der Waals surface area contributed by atoms with Crippen molar-refractivity contribution in [3.05, 3.63) is 120 Å². The minimum atomic E-state index is -3.66. The van der Waals surface area contributed by atoms with Gasteiger partial charge in [0, 0.05) is 13.1 Å². The fraction of sp³-hybridized carbons (Fsp3) is 0.351. The number of nitrogens with one attached hydrogen (secondary N) is 2. The monoisotopic (exact) mass is 676 g/mol. The number of sulfonamides is 2. The Kier molecular flexibility index (Phi) is 13.8. The SMILES string of the molecule is Cc1ccc(S(=O)(=O)N(CCCNCCCCCNCCCN(c2ccccc2)S(=O)(=O)c2ccc(C)cc2)c2ccccc2)cc1. The first-order valence-electron chi connectivity index (χ1n) is 16.4. The van der Waals surface area contributed by atoms with Gasteiger partial charge < -0.3 is 10.6 Å². The van der Waals surface area contributed by atoms with Gasteiger partial charge in [0.2, 0.25) is 0 Å². The number of para-hydroxylation sites is 2. The van der Waals surface area contributed by atoms with Crippen LogP contribution in [0.15, 0.2) is 119 Å². The van der Waals surface area contributed by atoms with Crippen LogP contribution in [0.4, 0.5) is 11.4 Å². The van der Waals surface area contributed by atoms with Crippen LogP contribution in [0.5, 0.6) is 0 Å². The maximum Gasteiger partial charge on any atom is 0.264 e. The molecule has 0 aliphatic heterocycles. The van der Waals surface area contributed by atoms with E-state index in [0.29, 0.717) is 47.1 Å². The van der Waals surface area contributed by atoms with Crippen molar-refractivity contribution in [1.29, 1.82) is 0 Å². The van der Waals surface area contributed by atoms with Crippen molar-refractivity contribution in [2.45, 2.75) is 55.7 Å². The topological polar surface area (TPSA) is 98.8 Å². The second-order valence-corrected chi connectivity index (χ2v) is 15.4. The molecule has 0 bridgehead atoms. The van der Waals surface area contributed by atoms with E-state index in [9.17, 15) is 16.8 Å². The van der Waals surface area contributed by atoms with Crippen molar-refractivity contribution in [3.63, 3.8) is 0 Å². The molecule has 0 heterocycles. The van der Waals surface area contributed by atoms with E-state index >= 15 is 0 Å². The average molecular weight is 677 g/mol. The van der Waals surface area contributed by atoms with Gasteiger partial charge in [-0.15, -0.1) is 0 Å². The van der Waals surface area contributed by atoms with Crippen LogP contribution in [0, 0.1) is 13.8 Å². The number of unbranched alkanes of at least 4 members (excludes halogenated alkanes) is 2. The Labute approximate surface area is 281 Å². The first-order valence-corrected chi connectivity index (χ1v) is 19.3. The number of rotatable bonds is 20. The summed E-state index contributed by atoms with van der Waals surface area (Å²) in [5.41, 5.74) is 3.38. The summed E-state index contributed by atoms with van der Waals surface area (Å²) in [5.74, 6) is 0. The Balaban J connectivity index is 1.13. The van der Waals surface area contributed by atoms with Crippen LogP contribution >= 0.6 is 0 Å². The lowest BCUT2D eigenvalue weighted by atomic mass is 10.2. The molecule has 47 heavy (non-hydrogen) atoms. The Morgan fingerprint density at radius 1 is 0.447 bits per heavy atom. The van der Waals surface area contributed by atoms with Gasteiger partial charge in [0.15, 0.2) is 0 Å². The predicted molar refractivity (Wildman–Crippen MR) is 193 cm³/mol. The first kappa shape index (κ1) is 36.1. The Bertz CT molecular complexity index is 1570. The largest absolute Gasteiger partial charge is 0.317 e. The second kappa shape index (κ2) is 18.0. The van der Waals surface area contributed by atoms with Crippen molar-refractivity contribution in [2.75, 3.05) is 47.9 Å². The molecule has 0 spiro atoms. The van der Waals surface area contributed by atoms with Gasteiger partial charge in [-0.2, -0.15) is 0 Å². The number of anilines is 2. The average Bonchev–Trinajstić information content (AvgIpc) is 3.07. The number of hydrogen-bond donors (Lipinski definition) is 2. The van der Waals surface area contributed by atoms with Gasteiger partial charge in [-0.3, -0.25) is 8.61 Å². The lowest BCUT2D eigenvalue weighted by molar-refractivity contribution is 0.558. The molecule has 0 aliphatic rings. The maximum absolute atomic E-state index is 13.5. The van der Waals surface area contributed by atoms with Crippen LogP contribution in [0.3, 0.4) is 0 Å². The molecule has 4 aromatic rings. The molecule has 0 amide bonds. The maximum atomic E-state index is 13.5. The lowest BCUT2D eigenvalue weighted by Gasteiger charge is -2.25. The molecule has 8 nitrogen and oxygen atoms in total. The van der Waals surface area contributed by atoms with Crippen LogP contribution < -0.4 is 19.2 Å². The van der Waals surface area contributed by atoms with Gasteiger partial charge in [-0.05, 0) is 114 Å². The molecule has 0 saturated carbocycles. The number of aryl methyl sites for hydroxylation is 2. The van der Waals surface area contributed by atoms with Gasteiger partial charge >= 0.3 is 0 Å². The van der Waals surface area contributed by atoms with E-state index in [4.69, 9.17) is 0 Å². The van der Waals surface area contributed by atoms with Crippen LogP contribution in [0.2, 0.25) is 0 Å². The summed E-state index contributed by atoms with van der Waals surface area (Å²) in [4.78, 5) is 0.601. The third-order valence-corrected chi connectivity index (χ3v) is 11.6. The third-order valence-electron chi connectivity index (χ3n) is 7.94. The summed E-state index contributed by atoms with van der Waals surface area (Å²) >= 11 is 0. The molecule has 0 aromatic heterocycles. The summed E-state index contributed by atoms with van der Waals surface area (Å²) in [7, 11) is -7.32. The van der Waals surface area contributed by atoms with Crippen molar-refractivity contribution in [2.24, 2.45) is 0 Å². The zero-order valence-corrected chi connectivity index (χ0v) is 29.1. The zero-order chi connectivity index (χ0) is 33.5. The fourth-order valence-electron chi connectivity index (χ4n) is 5.26. The van der Waals surface area contributed by atoms with Crippen molar-refractivity contribution >= 4 is 31.4 Å². The highest BCUT2D eigenvalue weighted by Gasteiger charge is 2.25. The molecule has 0 saturated heterocycles. The van der Waals surface area contributed by atoms with Gasteiger partial charge in [-0.1, -0.05) is 78.2 Å². The highest BCUT2D eigenvalue weighted by atomic mass is 32.2. The van der Waals surface area contributed by atoms with Crippen molar-refractivity contribution in [3.8, 4) is 0 Å². The quantitative estimate of drug-likeness (QED) is 0.103. The van der Waals surface area contributed by atoms with E-state index in [-0.39, 0.29) is 0 Å². The summed E-state index contributed by atoms with van der Waals surface area (Å²) in [6.45, 7) is 7.88. The second-order valence-electron chi connectivity index (χ2n) is 11.7. The molecule has 0 radical (unpaired) electrons. The standard InChI is InChI=1S/C37H48N4O4S2/c1-32-18-22-36(23-19-32)46(42,43)40(34-14-6-3-7-15-34)30-12-28-38-26-10-5-11-27-39-29-13-31-41(35-16-8-4-9-17-35)47(44,45)37-24-20-33(2)21-25-37/h3-4,6-9,14-25,38-39H,5,10-13,26-31H2,1-2H3. The molecule has 10 heteroatoms. The Morgan fingerprint density at radius 3 is 1.15 bits per heavy atom. The van der Waals surface area contributed by atoms with E-state index in [1.807, 2.05) is 98.8 Å². The van der Waals surface area contributed by atoms with E-state index < -0.39 is 20.0 Å². The molecule has 0 unspecified atom stereocenters. The van der Waals surface area contributed by atoms with E-state index in [1.54, 1.807) is 24.3 Å². The summed E-state index contributed by atoms with van der Waals surface area (Å²) in [6, 6.07) is 32.5. The minimum absolute atomic E-state index is 0.300. The van der Waals surface area contributed by atoms with Crippen LogP contribution in [0.25, 0.3) is 0 Å². The Morgan fingerprint density at radius 2 is 0.787 bits per heavy atom. The molecular weight excluding hydrogens is 629 g/mol. The lowest BCUT2D eigenvalue weighted by Crippen LogP contribution is -2.33. The normalized spacial score (nSPS) is 11.8. The molecular formula is C37H48N4O4S2. The smallest absolute Gasteiger partial charge is 0.264 e. The number of nitrogens with zero attached hydrogens (tertiary/aromatic N) is 2. The number of benzene rings is 4. The zero-order valence-electron chi connectivity index (χ0n) is 27.5. The molecule has 4 aromatic carbocycles. The highest BCUT2D eigenvalue weighted by molar-refractivity contribution is 7.93. The van der Waals surface area contributed by atoms with Gasteiger partial charge in [-0.25, -0.2) is 16.8 Å². The first-order chi connectivity index (χ1) is 22.7. The Hall–Kier alpha value is -3.70. The summed E-state index contributed by atoms with van der Waals surface area (Å²) < 4.78 is 56.8. The van der Waals surface area contributed by atoms with Crippen molar-refractivity contribution < 1.29 is 16.8 Å². The molecule has 0 aliphatic carbocycles. The summed E-state index contributed by atoms with van der Waals surface area (Å²) in [5, 5.41) is 6.91. The molecule has 2 N–H and O–H groups in total. The van der Waals surface area contributed by atoms with E-state index in [1.165, 1.54) is 8.61 Å². The fourth-order valence-corrected chi connectivity index (χ4v) is 8.27. The van der Waals surface area contributed by atoms with Gasteiger partial charge in [0.1, 0.15) is 0 Å². The molecule has 0 atom stereocenters. The molecule has 4 rings (SSSR count). The number of hydrogen-bond acceptors (Lipinski definition) is 6. The van der Waals surface area contributed by atoms with Crippen LogP contribution in [-0.4, -0.2) is 56.1 Å². The molecule has 0 fully saturated rings. The van der Waals surface area contributed by atoms with Crippen molar-refractivity contribution in [1.82, 2.24) is 10.6 Å². The van der Waals surface area contributed by atoms with Crippen LogP contribution in [-0.2, 0) is 20.0 Å². The van der Waals surface area contributed by atoms with Gasteiger partial charge in [0.05, 0.1) is 21.2 Å². The molecule has 252 valence electrons. The van der Waals surface area contributed by atoms with Gasteiger partial charge in [0.25, 0.3) is 20.0 Å². The highest BCUT2D eigenvalue weighted by Crippen LogP contribution is 2.25. The van der Waals surface area contributed by atoms with Crippen LogP contribution in [0.1, 0.15) is 43.2 Å². The predicted octanol–water partition coefficient (Wildman–Crippen LogP) is 6.52.